The van der Waals surface area contributed by atoms with Gasteiger partial charge in [-0.3, -0.25) is 4.79 Å². The lowest BCUT2D eigenvalue weighted by Crippen LogP contribution is -2.57. The van der Waals surface area contributed by atoms with Crippen molar-refractivity contribution < 1.29 is 32.9 Å². The van der Waals surface area contributed by atoms with Crippen molar-refractivity contribution in [3.05, 3.63) is 24.2 Å². The highest BCUT2D eigenvalue weighted by molar-refractivity contribution is 5.91. The van der Waals surface area contributed by atoms with Crippen molar-refractivity contribution in [2.45, 2.75) is 70.0 Å². The van der Waals surface area contributed by atoms with Crippen molar-refractivity contribution in [1.82, 2.24) is 5.32 Å². The Hall–Kier alpha value is -1.45. The zero-order valence-electron chi connectivity index (χ0n) is 14.7. The van der Waals surface area contributed by atoms with Crippen LogP contribution in [0.5, 0.6) is 0 Å². The van der Waals surface area contributed by atoms with Crippen molar-refractivity contribution in [2.75, 3.05) is 6.54 Å². The summed E-state index contributed by atoms with van der Waals surface area (Å²) in [7, 11) is 0. The average Bonchev–Trinajstić information content (AvgIpc) is 3.19. The summed E-state index contributed by atoms with van der Waals surface area (Å²) in [6.45, 7) is 7.60. The molecule has 5 atom stereocenters. The number of carbonyl (C=O) groups is 1. The highest BCUT2D eigenvalue weighted by Crippen LogP contribution is 2.43. The number of carbonyl (C=O) groups excluding carboxylic acids is 1. The molecule has 25 heavy (non-hydrogen) atoms. The summed E-state index contributed by atoms with van der Waals surface area (Å²) in [5.74, 6) is -1.58. The molecule has 1 aromatic heterocycles. The molecule has 1 amide bonds. The lowest BCUT2D eigenvalue weighted by Gasteiger charge is -2.37. The molecular formula is C17H23NO7. The van der Waals surface area contributed by atoms with Crippen molar-refractivity contribution in [3.8, 4) is 0 Å². The van der Waals surface area contributed by atoms with Crippen molar-refractivity contribution in [1.29, 1.82) is 0 Å². The zero-order chi connectivity index (χ0) is 17.8. The molecule has 3 aliphatic heterocycles. The van der Waals surface area contributed by atoms with Gasteiger partial charge in [0.15, 0.2) is 23.6 Å². The van der Waals surface area contributed by atoms with Crippen LogP contribution in [0.2, 0.25) is 0 Å². The number of amides is 1. The molecule has 1 N–H and O–H groups in total. The van der Waals surface area contributed by atoms with Gasteiger partial charge in [-0.15, -0.1) is 0 Å². The summed E-state index contributed by atoms with van der Waals surface area (Å²) in [6, 6.07) is 3.26. The summed E-state index contributed by atoms with van der Waals surface area (Å²) in [5, 5.41) is 2.81. The second-order valence-corrected chi connectivity index (χ2v) is 7.40. The van der Waals surface area contributed by atoms with E-state index in [2.05, 4.69) is 5.32 Å². The predicted molar refractivity (Wildman–Crippen MR) is 83.6 cm³/mol. The number of fused-ring (bicyclic) bond motifs is 3. The van der Waals surface area contributed by atoms with Crippen LogP contribution >= 0.6 is 0 Å². The van der Waals surface area contributed by atoms with Gasteiger partial charge in [-0.05, 0) is 39.8 Å². The second kappa shape index (κ2) is 5.78. The number of ether oxygens (including phenoxy) is 5. The van der Waals surface area contributed by atoms with Crippen LogP contribution in [0.1, 0.15) is 38.2 Å². The van der Waals surface area contributed by atoms with Gasteiger partial charge in [-0.2, -0.15) is 0 Å². The van der Waals surface area contributed by atoms with Gasteiger partial charge in [0.2, 0.25) is 0 Å². The van der Waals surface area contributed by atoms with Gasteiger partial charge in [0.1, 0.15) is 24.4 Å². The van der Waals surface area contributed by atoms with Crippen LogP contribution in [0.25, 0.3) is 0 Å². The minimum absolute atomic E-state index is 0.243. The molecule has 4 heterocycles. The quantitative estimate of drug-likeness (QED) is 0.879. The molecule has 1 aromatic rings. The van der Waals surface area contributed by atoms with Crippen molar-refractivity contribution >= 4 is 5.91 Å². The van der Waals surface area contributed by atoms with Gasteiger partial charge in [-0.25, -0.2) is 0 Å². The molecule has 0 spiro atoms. The topological polar surface area (TPSA) is 88.4 Å². The average molecular weight is 353 g/mol. The van der Waals surface area contributed by atoms with Crippen LogP contribution in [0.3, 0.4) is 0 Å². The highest BCUT2D eigenvalue weighted by atomic mass is 16.9. The molecule has 0 bridgehead atoms. The fourth-order valence-corrected chi connectivity index (χ4v) is 3.55. The van der Waals surface area contributed by atoms with Crippen LogP contribution in [-0.4, -0.2) is 54.7 Å². The van der Waals surface area contributed by atoms with E-state index in [1.807, 2.05) is 27.7 Å². The Balaban J connectivity index is 1.49. The van der Waals surface area contributed by atoms with E-state index in [0.29, 0.717) is 0 Å². The molecule has 0 saturated carbocycles. The fraction of sp³-hybridized carbons (Fsp3) is 0.706. The van der Waals surface area contributed by atoms with Gasteiger partial charge in [0, 0.05) is 6.54 Å². The lowest BCUT2D eigenvalue weighted by molar-refractivity contribution is -0.232. The van der Waals surface area contributed by atoms with Gasteiger partial charge in [0.25, 0.3) is 5.91 Å². The number of furan rings is 1. The Bertz CT molecular complexity index is 641. The summed E-state index contributed by atoms with van der Waals surface area (Å²) in [6.07, 6.45) is -0.622. The van der Waals surface area contributed by atoms with E-state index < -0.39 is 24.0 Å². The molecule has 3 saturated heterocycles. The molecule has 138 valence electrons. The maximum atomic E-state index is 12.1. The summed E-state index contributed by atoms with van der Waals surface area (Å²) in [5.41, 5.74) is 0. The summed E-state index contributed by atoms with van der Waals surface area (Å²) in [4.78, 5) is 12.1. The molecule has 3 fully saturated rings. The first-order valence-electron chi connectivity index (χ1n) is 8.43. The van der Waals surface area contributed by atoms with Gasteiger partial charge in [-0.1, -0.05) is 0 Å². The molecular weight excluding hydrogens is 330 g/mol. The van der Waals surface area contributed by atoms with E-state index in [1.54, 1.807) is 12.1 Å². The van der Waals surface area contributed by atoms with Gasteiger partial charge >= 0.3 is 0 Å². The van der Waals surface area contributed by atoms with Crippen LogP contribution in [-0.2, 0) is 23.7 Å². The standard InChI is InChI=1S/C17H23NO7/c1-16(2)22-11-10(8-18-14(19)9-6-5-7-20-9)21-15-13(12(11)23-16)24-17(3,4)25-15/h5-7,10-13,15H,8H2,1-4H3,(H,18,19)/t10-,11-,12-,13-,15+/m1/s1. The highest BCUT2D eigenvalue weighted by Gasteiger charge is 2.60. The Morgan fingerprint density at radius 3 is 2.44 bits per heavy atom. The van der Waals surface area contributed by atoms with Crippen LogP contribution in [0.15, 0.2) is 22.8 Å². The van der Waals surface area contributed by atoms with Crippen molar-refractivity contribution in [3.63, 3.8) is 0 Å². The molecule has 4 rings (SSSR count). The van der Waals surface area contributed by atoms with Gasteiger partial charge < -0.3 is 33.4 Å². The van der Waals surface area contributed by atoms with Crippen molar-refractivity contribution in [2.24, 2.45) is 0 Å². The fourth-order valence-electron chi connectivity index (χ4n) is 3.55. The molecule has 0 radical (unpaired) electrons. The van der Waals surface area contributed by atoms with Crippen LogP contribution in [0.4, 0.5) is 0 Å². The first-order valence-corrected chi connectivity index (χ1v) is 8.43. The normalized spacial score (nSPS) is 38.2. The smallest absolute Gasteiger partial charge is 0.287 e. The van der Waals surface area contributed by atoms with Gasteiger partial charge in [0.05, 0.1) is 6.26 Å². The second-order valence-electron chi connectivity index (χ2n) is 7.40. The monoisotopic (exact) mass is 353 g/mol. The SMILES string of the molecule is CC1(C)O[C@@H]2O[C@H](CNC(=O)c3ccco3)[C@H]3OC(C)(C)O[C@H]3[C@H]2O1. The molecule has 0 aromatic carbocycles. The van der Waals surface area contributed by atoms with E-state index in [-0.39, 0.29) is 36.5 Å². The number of hydrogen-bond donors (Lipinski definition) is 1. The van der Waals surface area contributed by atoms with E-state index in [9.17, 15) is 4.79 Å². The molecule has 8 heteroatoms. The lowest BCUT2D eigenvalue weighted by atomic mass is 9.99. The third-order valence-electron chi connectivity index (χ3n) is 4.46. The first-order chi connectivity index (χ1) is 11.7. The van der Waals surface area contributed by atoms with E-state index in [4.69, 9.17) is 28.1 Å². The number of nitrogens with one attached hydrogen (secondary N) is 1. The molecule has 0 aliphatic carbocycles. The predicted octanol–water partition coefficient (Wildman–Crippen LogP) is 1.41. The number of rotatable bonds is 3. The third kappa shape index (κ3) is 3.20. The molecule has 3 aliphatic rings. The Morgan fingerprint density at radius 2 is 1.72 bits per heavy atom. The molecule has 0 unspecified atom stereocenters. The molecule has 8 nitrogen and oxygen atoms in total. The number of hydrogen-bond acceptors (Lipinski definition) is 7. The summed E-state index contributed by atoms with van der Waals surface area (Å²) < 4.78 is 34.9. The van der Waals surface area contributed by atoms with Crippen LogP contribution < -0.4 is 5.32 Å². The minimum Gasteiger partial charge on any atom is -0.459 e. The van der Waals surface area contributed by atoms with E-state index in [0.717, 1.165) is 0 Å². The third-order valence-corrected chi connectivity index (χ3v) is 4.46. The largest absolute Gasteiger partial charge is 0.459 e. The zero-order valence-corrected chi connectivity index (χ0v) is 14.7. The maximum absolute atomic E-state index is 12.1. The first kappa shape index (κ1) is 17.0. The Kier molecular flexibility index (Phi) is 3.93. The van der Waals surface area contributed by atoms with E-state index >= 15 is 0 Å². The minimum atomic E-state index is -0.762. The Morgan fingerprint density at radius 1 is 1.04 bits per heavy atom. The summed E-state index contributed by atoms with van der Waals surface area (Å²) >= 11 is 0. The maximum Gasteiger partial charge on any atom is 0.287 e. The van der Waals surface area contributed by atoms with E-state index in [1.165, 1.54) is 6.26 Å². The van der Waals surface area contributed by atoms with Crippen LogP contribution in [0, 0.1) is 0 Å². The Labute approximate surface area is 145 Å².